The quantitative estimate of drug-likeness (QED) is 0.712. The molecule has 2 rings (SSSR count). The maximum Gasteiger partial charge on any atom is 0.286 e. The molecule has 5 nitrogen and oxygen atoms in total. The van der Waals surface area contributed by atoms with Gasteiger partial charge in [0.25, 0.3) is 5.91 Å². The van der Waals surface area contributed by atoms with E-state index in [1.165, 1.54) is 24.3 Å². The van der Waals surface area contributed by atoms with Crippen molar-refractivity contribution in [2.75, 3.05) is 13.2 Å². The van der Waals surface area contributed by atoms with E-state index in [1.807, 2.05) is 13.8 Å². The summed E-state index contributed by atoms with van der Waals surface area (Å²) in [6, 6.07) is 8.98. The van der Waals surface area contributed by atoms with Crippen molar-refractivity contribution in [3.8, 4) is 5.75 Å². The van der Waals surface area contributed by atoms with E-state index < -0.39 is 0 Å². The van der Waals surface area contributed by atoms with Crippen LogP contribution in [0.3, 0.4) is 0 Å². The van der Waals surface area contributed by atoms with Gasteiger partial charge in [-0.15, -0.1) is 0 Å². The summed E-state index contributed by atoms with van der Waals surface area (Å²) in [7, 11) is 0. The van der Waals surface area contributed by atoms with Crippen molar-refractivity contribution in [1.29, 1.82) is 0 Å². The van der Waals surface area contributed by atoms with Crippen LogP contribution in [0.1, 0.15) is 36.6 Å². The summed E-state index contributed by atoms with van der Waals surface area (Å²) in [6.07, 6.45) is 0.931. The number of hydrogen-bond acceptors (Lipinski definition) is 4. The minimum atomic E-state index is -0.321. The van der Waals surface area contributed by atoms with Gasteiger partial charge in [0.15, 0.2) is 5.76 Å². The SMILES string of the molecule is CC(C)OCCCNC(=O)c1ccc(COc2ccc(F)cc2)o1. The van der Waals surface area contributed by atoms with Crippen LogP contribution in [-0.2, 0) is 11.3 Å². The highest BCUT2D eigenvalue weighted by molar-refractivity contribution is 5.91. The zero-order chi connectivity index (χ0) is 17.4. The molecule has 1 heterocycles. The number of ether oxygens (including phenoxy) is 2. The van der Waals surface area contributed by atoms with Gasteiger partial charge in [0.05, 0.1) is 6.10 Å². The maximum absolute atomic E-state index is 12.8. The molecule has 0 radical (unpaired) electrons. The van der Waals surface area contributed by atoms with Crippen LogP contribution in [0.15, 0.2) is 40.8 Å². The molecule has 0 unspecified atom stereocenters. The van der Waals surface area contributed by atoms with E-state index in [2.05, 4.69) is 5.32 Å². The molecule has 0 bridgehead atoms. The van der Waals surface area contributed by atoms with E-state index in [0.717, 1.165) is 6.42 Å². The topological polar surface area (TPSA) is 60.7 Å². The van der Waals surface area contributed by atoms with E-state index >= 15 is 0 Å². The molecule has 2 aromatic rings. The number of furan rings is 1. The van der Waals surface area contributed by atoms with Crippen molar-refractivity contribution in [3.63, 3.8) is 0 Å². The van der Waals surface area contributed by atoms with Crippen LogP contribution in [0.5, 0.6) is 5.75 Å². The third-order valence-corrected chi connectivity index (χ3v) is 3.14. The lowest BCUT2D eigenvalue weighted by molar-refractivity contribution is 0.0753. The van der Waals surface area contributed by atoms with E-state index in [0.29, 0.717) is 24.7 Å². The fourth-order valence-electron chi connectivity index (χ4n) is 1.94. The molecule has 0 aliphatic carbocycles. The minimum Gasteiger partial charge on any atom is -0.486 e. The molecular weight excluding hydrogens is 313 g/mol. The average molecular weight is 335 g/mol. The molecule has 1 N–H and O–H groups in total. The number of carbonyl (C=O) groups excluding carboxylic acids is 1. The first-order valence-electron chi connectivity index (χ1n) is 7.91. The first-order valence-corrected chi connectivity index (χ1v) is 7.91. The van der Waals surface area contributed by atoms with E-state index in [9.17, 15) is 9.18 Å². The lowest BCUT2D eigenvalue weighted by Gasteiger charge is -2.07. The third-order valence-electron chi connectivity index (χ3n) is 3.14. The normalized spacial score (nSPS) is 10.8. The summed E-state index contributed by atoms with van der Waals surface area (Å²) < 4.78 is 29.1. The molecule has 0 saturated heterocycles. The van der Waals surface area contributed by atoms with Crippen LogP contribution in [0.25, 0.3) is 0 Å². The summed E-state index contributed by atoms with van der Waals surface area (Å²) in [5.74, 6) is 0.694. The molecule has 1 aromatic carbocycles. The van der Waals surface area contributed by atoms with Gasteiger partial charge in [-0.05, 0) is 56.7 Å². The Morgan fingerprint density at radius 2 is 1.96 bits per heavy atom. The molecule has 0 fully saturated rings. The Morgan fingerprint density at radius 3 is 2.67 bits per heavy atom. The van der Waals surface area contributed by atoms with Gasteiger partial charge >= 0.3 is 0 Å². The average Bonchev–Trinajstić information content (AvgIpc) is 3.02. The molecule has 0 aliphatic rings. The summed E-state index contributed by atoms with van der Waals surface area (Å²) in [5.41, 5.74) is 0. The summed E-state index contributed by atoms with van der Waals surface area (Å²) in [6.45, 7) is 5.23. The largest absolute Gasteiger partial charge is 0.486 e. The van der Waals surface area contributed by atoms with Crippen LogP contribution in [0.4, 0.5) is 4.39 Å². The molecule has 0 atom stereocenters. The first kappa shape index (κ1) is 18.0. The van der Waals surface area contributed by atoms with Gasteiger partial charge in [0.2, 0.25) is 0 Å². The standard InChI is InChI=1S/C18H22FNO4/c1-13(2)22-11-3-10-20-18(21)17-9-8-16(24-17)12-23-15-6-4-14(19)5-7-15/h4-9,13H,3,10-12H2,1-2H3,(H,20,21). The summed E-state index contributed by atoms with van der Waals surface area (Å²) in [5, 5.41) is 2.77. The van der Waals surface area contributed by atoms with Gasteiger partial charge in [-0.25, -0.2) is 4.39 Å². The molecule has 0 saturated carbocycles. The number of rotatable bonds is 9. The second kappa shape index (κ2) is 9.08. The molecule has 0 spiro atoms. The molecule has 0 aliphatic heterocycles. The van der Waals surface area contributed by atoms with Crippen LogP contribution < -0.4 is 10.1 Å². The van der Waals surface area contributed by atoms with Gasteiger partial charge in [-0.2, -0.15) is 0 Å². The Labute approximate surface area is 140 Å². The minimum absolute atomic E-state index is 0.168. The van der Waals surface area contributed by atoms with Gasteiger partial charge in [-0.1, -0.05) is 0 Å². The molecule has 1 aromatic heterocycles. The maximum atomic E-state index is 12.8. The molecule has 6 heteroatoms. The molecule has 1 amide bonds. The van der Waals surface area contributed by atoms with Crippen molar-refractivity contribution >= 4 is 5.91 Å². The lowest BCUT2D eigenvalue weighted by atomic mass is 10.3. The van der Waals surface area contributed by atoms with Gasteiger partial charge in [0.1, 0.15) is 23.9 Å². The van der Waals surface area contributed by atoms with Crippen LogP contribution in [-0.4, -0.2) is 25.2 Å². The molecule has 24 heavy (non-hydrogen) atoms. The zero-order valence-corrected chi connectivity index (χ0v) is 13.9. The van der Waals surface area contributed by atoms with Crippen molar-refractivity contribution in [2.45, 2.75) is 33.0 Å². The van der Waals surface area contributed by atoms with Crippen LogP contribution in [0, 0.1) is 5.82 Å². The van der Waals surface area contributed by atoms with Crippen molar-refractivity contribution in [1.82, 2.24) is 5.32 Å². The third kappa shape index (κ3) is 6.04. The second-order valence-corrected chi connectivity index (χ2v) is 5.54. The molecular formula is C18H22FNO4. The van der Waals surface area contributed by atoms with Crippen LogP contribution in [0.2, 0.25) is 0 Å². The van der Waals surface area contributed by atoms with E-state index in [1.54, 1.807) is 12.1 Å². The second-order valence-electron chi connectivity index (χ2n) is 5.54. The number of benzene rings is 1. The predicted molar refractivity (Wildman–Crippen MR) is 87.5 cm³/mol. The highest BCUT2D eigenvalue weighted by Crippen LogP contribution is 2.15. The highest BCUT2D eigenvalue weighted by Gasteiger charge is 2.11. The fraction of sp³-hybridized carbons (Fsp3) is 0.389. The predicted octanol–water partition coefficient (Wildman–Crippen LogP) is 3.54. The van der Waals surface area contributed by atoms with Gasteiger partial charge in [0, 0.05) is 13.2 Å². The molecule has 130 valence electrons. The monoisotopic (exact) mass is 335 g/mol. The highest BCUT2D eigenvalue weighted by atomic mass is 19.1. The van der Waals surface area contributed by atoms with Crippen molar-refractivity contribution in [3.05, 3.63) is 53.7 Å². The Morgan fingerprint density at radius 1 is 1.21 bits per heavy atom. The Hall–Kier alpha value is -2.34. The number of amides is 1. The number of hydrogen-bond donors (Lipinski definition) is 1. The van der Waals surface area contributed by atoms with E-state index in [-0.39, 0.29) is 30.2 Å². The summed E-state index contributed by atoms with van der Waals surface area (Å²) >= 11 is 0. The Bertz CT molecular complexity index is 637. The van der Waals surface area contributed by atoms with Crippen LogP contribution >= 0.6 is 0 Å². The lowest BCUT2D eigenvalue weighted by Crippen LogP contribution is -2.25. The van der Waals surface area contributed by atoms with Gasteiger partial charge in [-0.3, -0.25) is 4.79 Å². The Balaban J connectivity index is 1.73. The summed E-state index contributed by atoms with van der Waals surface area (Å²) in [4.78, 5) is 11.9. The zero-order valence-electron chi connectivity index (χ0n) is 13.9. The smallest absolute Gasteiger partial charge is 0.286 e. The first-order chi connectivity index (χ1) is 11.5. The number of carbonyl (C=O) groups is 1. The fourth-order valence-corrected chi connectivity index (χ4v) is 1.94. The van der Waals surface area contributed by atoms with Gasteiger partial charge < -0.3 is 19.2 Å². The number of halogens is 1. The number of nitrogens with one attached hydrogen (secondary N) is 1. The Kier molecular flexibility index (Phi) is 6.81. The van der Waals surface area contributed by atoms with E-state index in [4.69, 9.17) is 13.9 Å². The van der Waals surface area contributed by atoms with Crippen molar-refractivity contribution in [2.24, 2.45) is 0 Å². The van der Waals surface area contributed by atoms with Crippen molar-refractivity contribution < 1.29 is 23.1 Å².